The van der Waals surface area contributed by atoms with Gasteiger partial charge in [0.1, 0.15) is 13.2 Å². The third-order valence-corrected chi connectivity index (χ3v) is 4.59. The maximum atomic E-state index is 12.7. The van der Waals surface area contributed by atoms with Crippen molar-refractivity contribution >= 4 is 5.91 Å². The smallest absolute Gasteiger partial charge is 0.251 e. The molecule has 0 saturated carbocycles. The molecule has 27 heavy (non-hydrogen) atoms. The van der Waals surface area contributed by atoms with E-state index in [9.17, 15) is 4.79 Å². The van der Waals surface area contributed by atoms with Gasteiger partial charge in [-0.25, -0.2) is 0 Å². The lowest BCUT2D eigenvalue weighted by atomic mass is 9.97. The molecule has 1 atom stereocenters. The first kappa shape index (κ1) is 17.2. The first-order chi connectivity index (χ1) is 13.3. The van der Waals surface area contributed by atoms with Crippen molar-refractivity contribution in [1.29, 1.82) is 0 Å². The van der Waals surface area contributed by atoms with E-state index >= 15 is 0 Å². The summed E-state index contributed by atoms with van der Waals surface area (Å²) in [5.41, 5.74) is 2.80. The summed E-state index contributed by atoms with van der Waals surface area (Å²) in [5.74, 6) is 1.38. The van der Waals surface area contributed by atoms with Gasteiger partial charge in [0.15, 0.2) is 11.5 Å². The zero-order chi connectivity index (χ0) is 18.5. The van der Waals surface area contributed by atoms with Crippen LogP contribution in [0.3, 0.4) is 0 Å². The lowest BCUT2D eigenvalue weighted by Gasteiger charge is -2.23. The number of amides is 1. The van der Waals surface area contributed by atoms with Crippen LogP contribution in [0.25, 0.3) is 0 Å². The third kappa shape index (κ3) is 4.11. The van der Waals surface area contributed by atoms with Crippen LogP contribution in [0, 0.1) is 0 Å². The lowest BCUT2D eigenvalue weighted by molar-refractivity contribution is 0.0936. The quantitative estimate of drug-likeness (QED) is 0.744. The molecule has 3 aromatic carbocycles. The molecule has 0 aliphatic carbocycles. The predicted molar refractivity (Wildman–Crippen MR) is 104 cm³/mol. The maximum Gasteiger partial charge on any atom is 0.251 e. The number of carbonyl (C=O) groups is 1. The van der Waals surface area contributed by atoms with Crippen LogP contribution in [0.15, 0.2) is 78.9 Å². The molecular formula is C23H21NO3. The molecule has 1 aliphatic heterocycles. The van der Waals surface area contributed by atoms with E-state index in [1.807, 2.05) is 66.7 Å². The normalized spacial score (nSPS) is 13.6. The predicted octanol–water partition coefficient (Wildman–Crippen LogP) is 4.17. The van der Waals surface area contributed by atoms with Crippen LogP contribution >= 0.6 is 0 Å². The molecule has 4 nitrogen and oxygen atoms in total. The van der Waals surface area contributed by atoms with Crippen molar-refractivity contribution in [3.05, 3.63) is 95.6 Å². The molecular weight excluding hydrogens is 338 g/mol. The van der Waals surface area contributed by atoms with Gasteiger partial charge in [-0.3, -0.25) is 4.79 Å². The van der Waals surface area contributed by atoms with Crippen molar-refractivity contribution in [3.63, 3.8) is 0 Å². The van der Waals surface area contributed by atoms with E-state index in [1.165, 1.54) is 0 Å². The molecule has 0 radical (unpaired) electrons. The number of rotatable bonds is 5. The van der Waals surface area contributed by atoms with Gasteiger partial charge in [-0.2, -0.15) is 0 Å². The fourth-order valence-electron chi connectivity index (χ4n) is 3.21. The van der Waals surface area contributed by atoms with Crippen LogP contribution in [0.1, 0.15) is 27.5 Å². The highest BCUT2D eigenvalue weighted by molar-refractivity contribution is 5.94. The van der Waals surface area contributed by atoms with Crippen LogP contribution in [0.2, 0.25) is 0 Å². The summed E-state index contributed by atoms with van der Waals surface area (Å²) in [5, 5.41) is 3.17. The Morgan fingerprint density at radius 2 is 1.52 bits per heavy atom. The second-order valence-corrected chi connectivity index (χ2v) is 6.48. The number of fused-ring (bicyclic) bond motifs is 1. The zero-order valence-electron chi connectivity index (χ0n) is 14.9. The maximum absolute atomic E-state index is 12.7. The molecule has 1 N–H and O–H groups in total. The van der Waals surface area contributed by atoms with Crippen molar-refractivity contribution < 1.29 is 14.3 Å². The largest absolute Gasteiger partial charge is 0.486 e. The van der Waals surface area contributed by atoms with Crippen molar-refractivity contribution in [3.8, 4) is 11.5 Å². The molecule has 1 unspecified atom stereocenters. The van der Waals surface area contributed by atoms with Crippen molar-refractivity contribution in [2.75, 3.05) is 13.2 Å². The summed E-state index contributed by atoms with van der Waals surface area (Å²) in [7, 11) is 0. The standard InChI is InChI=1S/C23H21NO3/c25-23(18-9-5-2-6-10-18)24-20(15-17-7-3-1-4-8-17)19-11-12-21-22(16-19)27-14-13-26-21/h1-12,16,20H,13-15H2,(H,24,25). The summed E-state index contributed by atoms with van der Waals surface area (Å²) < 4.78 is 11.3. The average Bonchev–Trinajstić information content (AvgIpc) is 2.74. The number of hydrogen-bond donors (Lipinski definition) is 1. The fraction of sp³-hybridized carbons (Fsp3) is 0.174. The molecule has 0 aromatic heterocycles. The molecule has 4 rings (SSSR count). The number of hydrogen-bond acceptors (Lipinski definition) is 3. The SMILES string of the molecule is O=C(NC(Cc1ccccc1)c1ccc2c(c1)OCCO2)c1ccccc1. The molecule has 1 heterocycles. The molecule has 1 amide bonds. The topological polar surface area (TPSA) is 47.6 Å². The van der Waals surface area contributed by atoms with Crippen LogP contribution in [0.5, 0.6) is 11.5 Å². The first-order valence-corrected chi connectivity index (χ1v) is 9.09. The van der Waals surface area contributed by atoms with Gasteiger partial charge >= 0.3 is 0 Å². The Morgan fingerprint density at radius 1 is 0.852 bits per heavy atom. The number of carbonyl (C=O) groups excluding carboxylic acids is 1. The minimum Gasteiger partial charge on any atom is -0.486 e. The highest BCUT2D eigenvalue weighted by Gasteiger charge is 2.20. The average molecular weight is 359 g/mol. The van der Waals surface area contributed by atoms with Gasteiger partial charge in [0.25, 0.3) is 5.91 Å². The van der Waals surface area contributed by atoms with E-state index in [-0.39, 0.29) is 11.9 Å². The minimum absolute atomic E-state index is 0.0913. The van der Waals surface area contributed by atoms with Crippen molar-refractivity contribution in [2.45, 2.75) is 12.5 Å². The van der Waals surface area contributed by atoms with Gasteiger partial charge in [0.05, 0.1) is 6.04 Å². The van der Waals surface area contributed by atoms with E-state index in [1.54, 1.807) is 0 Å². The van der Waals surface area contributed by atoms with E-state index in [4.69, 9.17) is 9.47 Å². The van der Waals surface area contributed by atoms with Crippen molar-refractivity contribution in [2.24, 2.45) is 0 Å². The van der Waals surface area contributed by atoms with E-state index in [0.717, 1.165) is 22.6 Å². The molecule has 0 saturated heterocycles. The van der Waals surface area contributed by atoms with Crippen LogP contribution in [-0.4, -0.2) is 19.1 Å². The van der Waals surface area contributed by atoms with Gasteiger partial charge < -0.3 is 14.8 Å². The van der Waals surface area contributed by atoms with Crippen LogP contribution in [-0.2, 0) is 6.42 Å². The Kier molecular flexibility index (Phi) is 5.06. The summed E-state index contributed by atoms with van der Waals surface area (Å²) in [6.07, 6.45) is 0.694. The third-order valence-electron chi connectivity index (χ3n) is 4.59. The summed E-state index contributed by atoms with van der Waals surface area (Å²) in [6.45, 7) is 1.10. The minimum atomic E-state index is -0.170. The zero-order valence-corrected chi connectivity index (χ0v) is 14.9. The Bertz CT molecular complexity index is 909. The Balaban J connectivity index is 1.62. The van der Waals surface area contributed by atoms with Gasteiger partial charge in [0.2, 0.25) is 0 Å². The Labute approximate surface area is 158 Å². The molecule has 136 valence electrons. The monoisotopic (exact) mass is 359 g/mol. The second kappa shape index (κ2) is 7.96. The number of benzene rings is 3. The summed E-state index contributed by atoms with van der Waals surface area (Å²) in [6, 6.07) is 25.1. The lowest BCUT2D eigenvalue weighted by Crippen LogP contribution is -2.30. The van der Waals surface area contributed by atoms with Gasteiger partial charge in [-0.1, -0.05) is 54.6 Å². The molecule has 3 aromatic rings. The van der Waals surface area contributed by atoms with Crippen molar-refractivity contribution in [1.82, 2.24) is 5.32 Å². The second-order valence-electron chi connectivity index (χ2n) is 6.48. The summed E-state index contributed by atoms with van der Waals surface area (Å²) in [4.78, 5) is 12.7. The molecule has 4 heteroatoms. The Hall–Kier alpha value is -3.27. The van der Waals surface area contributed by atoms with Crippen LogP contribution in [0.4, 0.5) is 0 Å². The highest BCUT2D eigenvalue weighted by atomic mass is 16.6. The fourth-order valence-corrected chi connectivity index (χ4v) is 3.21. The number of ether oxygens (including phenoxy) is 2. The van der Waals surface area contributed by atoms with Crippen LogP contribution < -0.4 is 14.8 Å². The van der Waals surface area contributed by atoms with E-state index in [2.05, 4.69) is 17.4 Å². The van der Waals surface area contributed by atoms with E-state index < -0.39 is 0 Å². The Morgan fingerprint density at radius 3 is 2.26 bits per heavy atom. The van der Waals surface area contributed by atoms with Gasteiger partial charge in [-0.05, 0) is 41.8 Å². The molecule has 0 spiro atoms. The highest BCUT2D eigenvalue weighted by Crippen LogP contribution is 2.33. The first-order valence-electron chi connectivity index (χ1n) is 9.09. The summed E-state index contributed by atoms with van der Waals surface area (Å²) >= 11 is 0. The molecule has 1 aliphatic rings. The van der Waals surface area contributed by atoms with Gasteiger partial charge in [-0.15, -0.1) is 0 Å². The molecule has 0 fully saturated rings. The van der Waals surface area contributed by atoms with Gasteiger partial charge in [0, 0.05) is 5.56 Å². The molecule has 0 bridgehead atoms. The number of nitrogens with one attached hydrogen (secondary N) is 1. The van der Waals surface area contributed by atoms with E-state index in [0.29, 0.717) is 25.2 Å².